The quantitative estimate of drug-likeness (QED) is 0.786. The standard InChI is InChI=1S/C14H18N4O2/c1-17-7-3-5-10(17)9-12-15-16-13-11(14(19)20-2)6-4-8-18(12)13/h4,6,8,10H,3,5,7,9H2,1-2H3. The number of methoxy groups -OCH3 is 1. The van der Waals surface area contributed by atoms with Gasteiger partial charge in [0, 0.05) is 18.7 Å². The molecule has 3 heterocycles. The molecule has 0 aromatic carbocycles. The Morgan fingerprint density at radius 1 is 1.50 bits per heavy atom. The fraction of sp³-hybridized carbons (Fsp3) is 0.500. The van der Waals surface area contributed by atoms with Gasteiger partial charge >= 0.3 is 5.97 Å². The first-order valence-corrected chi connectivity index (χ1v) is 6.82. The molecule has 106 valence electrons. The highest BCUT2D eigenvalue weighted by molar-refractivity contribution is 5.95. The molecular weight excluding hydrogens is 256 g/mol. The minimum atomic E-state index is -0.382. The summed E-state index contributed by atoms with van der Waals surface area (Å²) >= 11 is 0. The number of fused-ring (bicyclic) bond motifs is 1. The lowest BCUT2D eigenvalue weighted by Crippen LogP contribution is -2.27. The van der Waals surface area contributed by atoms with E-state index in [0.717, 1.165) is 18.8 Å². The van der Waals surface area contributed by atoms with E-state index in [-0.39, 0.29) is 5.97 Å². The smallest absolute Gasteiger partial charge is 0.341 e. The van der Waals surface area contributed by atoms with E-state index in [0.29, 0.717) is 17.3 Å². The number of esters is 1. The Morgan fingerprint density at radius 3 is 3.05 bits per heavy atom. The van der Waals surface area contributed by atoms with Crippen LogP contribution in [0.1, 0.15) is 29.0 Å². The second kappa shape index (κ2) is 5.20. The zero-order valence-corrected chi connectivity index (χ0v) is 11.7. The van der Waals surface area contributed by atoms with Crippen molar-refractivity contribution in [1.29, 1.82) is 0 Å². The number of nitrogens with zero attached hydrogens (tertiary/aromatic N) is 4. The van der Waals surface area contributed by atoms with E-state index in [1.807, 2.05) is 16.7 Å². The van der Waals surface area contributed by atoms with E-state index in [9.17, 15) is 4.79 Å². The van der Waals surface area contributed by atoms with Crippen molar-refractivity contribution in [2.75, 3.05) is 20.7 Å². The predicted molar refractivity (Wildman–Crippen MR) is 73.7 cm³/mol. The average molecular weight is 274 g/mol. The summed E-state index contributed by atoms with van der Waals surface area (Å²) in [5.74, 6) is 0.511. The zero-order valence-electron chi connectivity index (χ0n) is 11.7. The van der Waals surface area contributed by atoms with Crippen LogP contribution in [0.25, 0.3) is 5.65 Å². The van der Waals surface area contributed by atoms with Gasteiger partial charge in [-0.05, 0) is 38.6 Å². The number of pyridine rings is 1. The van der Waals surface area contributed by atoms with Crippen molar-refractivity contribution in [1.82, 2.24) is 19.5 Å². The van der Waals surface area contributed by atoms with Gasteiger partial charge < -0.3 is 9.64 Å². The number of hydrogen-bond donors (Lipinski definition) is 0. The van der Waals surface area contributed by atoms with Crippen LogP contribution in [0.15, 0.2) is 18.3 Å². The van der Waals surface area contributed by atoms with Crippen LogP contribution in [0, 0.1) is 0 Å². The summed E-state index contributed by atoms with van der Waals surface area (Å²) in [7, 11) is 3.51. The maximum absolute atomic E-state index is 11.7. The SMILES string of the molecule is COC(=O)c1cccn2c(CC3CCCN3C)nnc12. The first-order valence-electron chi connectivity index (χ1n) is 6.82. The first kappa shape index (κ1) is 13.1. The lowest BCUT2D eigenvalue weighted by Gasteiger charge is -2.18. The number of likely N-dealkylation sites (tertiary alicyclic amines) is 1. The van der Waals surface area contributed by atoms with Gasteiger partial charge in [0.2, 0.25) is 0 Å². The van der Waals surface area contributed by atoms with Crippen LogP contribution in [0.2, 0.25) is 0 Å². The van der Waals surface area contributed by atoms with Crippen molar-refractivity contribution in [2.45, 2.75) is 25.3 Å². The number of carbonyl (C=O) groups is 1. The molecule has 0 aliphatic carbocycles. The fourth-order valence-corrected chi connectivity index (χ4v) is 2.82. The van der Waals surface area contributed by atoms with Crippen molar-refractivity contribution in [3.8, 4) is 0 Å². The third kappa shape index (κ3) is 2.16. The summed E-state index contributed by atoms with van der Waals surface area (Å²) in [6, 6.07) is 4.04. The minimum Gasteiger partial charge on any atom is -0.465 e. The molecule has 0 bridgehead atoms. The van der Waals surface area contributed by atoms with Crippen LogP contribution in [0.5, 0.6) is 0 Å². The van der Waals surface area contributed by atoms with Crippen LogP contribution in [-0.2, 0) is 11.2 Å². The lowest BCUT2D eigenvalue weighted by molar-refractivity contribution is 0.0602. The number of rotatable bonds is 3. The molecule has 6 heteroatoms. The highest BCUT2D eigenvalue weighted by atomic mass is 16.5. The molecule has 1 aliphatic rings. The zero-order chi connectivity index (χ0) is 14.1. The van der Waals surface area contributed by atoms with E-state index in [2.05, 4.69) is 22.1 Å². The molecule has 1 saturated heterocycles. The molecule has 6 nitrogen and oxygen atoms in total. The molecule has 1 unspecified atom stereocenters. The Bertz CT molecular complexity index is 637. The van der Waals surface area contributed by atoms with Crippen molar-refractivity contribution in [2.24, 2.45) is 0 Å². The Balaban J connectivity index is 1.95. The molecule has 20 heavy (non-hydrogen) atoms. The number of ether oxygens (including phenoxy) is 1. The van der Waals surface area contributed by atoms with Gasteiger partial charge in [-0.2, -0.15) is 0 Å². The van der Waals surface area contributed by atoms with Gasteiger partial charge in [0.1, 0.15) is 11.4 Å². The van der Waals surface area contributed by atoms with Crippen LogP contribution in [0.3, 0.4) is 0 Å². The van der Waals surface area contributed by atoms with Crippen molar-refractivity contribution < 1.29 is 9.53 Å². The Hall–Kier alpha value is -1.95. The maximum atomic E-state index is 11.7. The van der Waals surface area contributed by atoms with Gasteiger partial charge in [0.05, 0.1) is 7.11 Å². The lowest BCUT2D eigenvalue weighted by atomic mass is 10.1. The molecule has 0 spiro atoms. The summed E-state index contributed by atoms with van der Waals surface area (Å²) < 4.78 is 6.66. The Labute approximate surface area is 117 Å². The van der Waals surface area contributed by atoms with Gasteiger partial charge in [-0.25, -0.2) is 4.79 Å². The van der Waals surface area contributed by atoms with E-state index in [4.69, 9.17) is 4.74 Å². The van der Waals surface area contributed by atoms with Crippen LogP contribution in [-0.4, -0.2) is 52.2 Å². The molecule has 1 fully saturated rings. The van der Waals surface area contributed by atoms with Gasteiger partial charge in [-0.3, -0.25) is 4.40 Å². The van der Waals surface area contributed by atoms with Crippen molar-refractivity contribution in [3.05, 3.63) is 29.7 Å². The highest BCUT2D eigenvalue weighted by Crippen LogP contribution is 2.19. The van der Waals surface area contributed by atoms with Gasteiger partial charge in [0.25, 0.3) is 0 Å². The number of aromatic nitrogens is 3. The second-order valence-corrected chi connectivity index (χ2v) is 5.20. The molecule has 0 saturated carbocycles. The molecule has 1 atom stereocenters. The minimum absolute atomic E-state index is 0.382. The maximum Gasteiger partial charge on any atom is 0.341 e. The average Bonchev–Trinajstić information content (AvgIpc) is 3.06. The first-order chi connectivity index (χ1) is 9.70. The normalized spacial score (nSPS) is 19.6. The fourth-order valence-electron chi connectivity index (χ4n) is 2.82. The molecule has 0 N–H and O–H groups in total. The van der Waals surface area contributed by atoms with Crippen LogP contribution >= 0.6 is 0 Å². The topological polar surface area (TPSA) is 59.7 Å². The van der Waals surface area contributed by atoms with Crippen LogP contribution < -0.4 is 0 Å². The molecule has 1 aliphatic heterocycles. The van der Waals surface area contributed by atoms with Gasteiger partial charge in [0.15, 0.2) is 5.65 Å². The van der Waals surface area contributed by atoms with E-state index in [1.54, 1.807) is 6.07 Å². The summed E-state index contributed by atoms with van der Waals surface area (Å²) in [6.45, 7) is 1.13. The van der Waals surface area contributed by atoms with Crippen molar-refractivity contribution in [3.63, 3.8) is 0 Å². The largest absolute Gasteiger partial charge is 0.465 e. The highest BCUT2D eigenvalue weighted by Gasteiger charge is 2.24. The van der Waals surface area contributed by atoms with E-state index >= 15 is 0 Å². The van der Waals surface area contributed by atoms with Crippen LogP contribution in [0.4, 0.5) is 0 Å². The third-order valence-corrected chi connectivity index (χ3v) is 4.00. The molecule has 2 aromatic rings. The molecule has 0 amide bonds. The van der Waals surface area contributed by atoms with E-state index < -0.39 is 0 Å². The monoisotopic (exact) mass is 274 g/mol. The predicted octanol–water partition coefficient (Wildman–Crippen LogP) is 1.15. The molecule has 2 aromatic heterocycles. The van der Waals surface area contributed by atoms with Gasteiger partial charge in [-0.15, -0.1) is 10.2 Å². The molecular formula is C14H18N4O2. The summed E-state index contributed by atoms with van der Waals surface area (Å²) in [5.41, 5.74) is 1.02. The summed E-state index contributed by atoms with van der Waals surface area (Å²) in [6.07, 6.45) is 5.15. The summed E-state index contributed by atoms with van der Waals surface area (Å²) in [5, 5.41) is 8.40. The second-order valence-electron chi connectivity index (χ2n) is 5.20. The van der Waals surface area contributed by atoms with Crippen molar-refractivity contribution >= 4 is 11.6 Å². The summed E-state index contributed by atoms with van der Waals surface area (Å²) in [4.78, 5) is 14.1. The van der Waals surface area contributed by atoms with Gasteiger partial charge in [-0.1, -0.05) is 0 Å². The third-order valence-electron chi connectivity index (χ3n) is 4.00. The molecule has 0 radical (unpaired) electrons. The van der Waals surface area contributed by atoms with E-state index in [1.165, 1.54) is 20.0 Å². The Kier molecular flexibility index (Phi) is 3.40. The molecule has 3 rings (SSSR count). The Morgan fingerprint density at radius 2 is 2.35 bits per heavy atom. The number of hydrogen-bond acceptors (Lipinski definition) is 5. The number of carbonyl (C=O) groups excluding carboxylic acids is 1. The number of likely N-dealkylation sites (N-methyl/N-ethyl adjacent to an activating group) is 1.